The van der Waals surface area contributed by atoms with Crippen molar-refractivity contribution in [3.63, 3.8) is 0 Å². The molecule has 352 valence electrons. The number of aliphatic hydroxyl groups is 2. The third-order valence-corrected chi connectivity index (χ3v) is 10.8. The minimum absolute atomic E-state index is 0.164. The van der Waals surface area contributed by atoms with Crippen LogP contribution in [-0.4, -0.2) is 65.7 Å². The van der Waals surface area contributed by atoms with Gasteiger partial charge in [0.2, 0.25) is 0 Å². The standard InChI is InChI=1S/C50H87O10P/c1-3-5-7-9-11-13-15-17-19-21-23-25-27-29-31-33-35-37-39-41-49(53)57-45-48(46-59-61(55,56)58-44-47(52)43-51)60-50(54)42-40-38-36-34-32-30-28-26-24-22-20-18-16-14-12-10-8-6-4-2/h6,8,11-14,17-20,24,26,47-48,51-52H,3-5,7,9-10,15-16,21-23,25,27-46H2,1-2H3,(H,55,56)/b8-6-,13-11-,14-12-,19-17-,20-18-,26-24-. The molecule has 61 heavy (non-hydrogen) atoms. The number of carbonyl (C=O) groups excluding carboxylic acids is 2. The molecule has 0 aromatic rings. The van der Waals surface area contributed by atoms with Gasteiger partial charge in [0.05, 0.1) is 19.8 Å². The van der Waals surface area contributed by atoms with Crippen molar-refractivity contribution in [1.29, 1.82) is 0 Å². The fourth-order valence-electron chi connectivity index (χ4n) is 6.19. The second-order valence-electron chi connectivity index (χ2n) is 15.7. The lowest BCUT2D eigenvalue weighted by molar-refractivity contribution is -0.161. The number of ether oxygens (including phenoxy) is 2. The summed E-state index contributed by atoms with van der Waals surface area (Å²) in [6, 6.07) is 0. The summed E-state index contributed by atoms with van der Waals surface area (Å²) in [5.41, 5.74) is 0. The number of aliphatic hydroxyl groups excluding tert-OH is 2. The van der Waals surface area contributed by atoms with E-state index in [0.29, 0.717) is 12.8 Å². The number of phosphoric acid groups is 1. The molecule has 0 saturated heterocycles. The minimum atomic E-state index is -4.63. The van der Waals surface area contributed by atoms with Gasteiger partial charge < -0.3 is 24.6 Å². The van der Waals surface area contributed by atoms with Crippen molar-refractivity contribution in [3.8, 4) is 0 Å². The molecule has 3 atom stereocenters. The average molecular weight is 879 g/mol. The first kappa shape index (κ1) is 58.4. The highest BCUT2D eigenvalue weighted by molar-refractivity contribution is 7.47. The number of phosphoric ester groups is 1. The third-order valence-electron chi connectivity index (χ3n) is 9.84. The van der Waals surface area contributed by atoms with E-state index in [0.717, 1.165) is 96.3 Å². The molecule has 0 spiro atoms. The second-order valence-corrected chi connectivity index (χ2v) is 17.2. The Hall–Kier alpha value is -2.59. The molecule has 3 N–H and O–H groups in total. The van der Waals surface area contributed by atoms with Crippen molar-refractivity contribution < 1.29 is 47.8 Å². The van der Waals surface area contributed by atoms with Crippen LogP contribution in [0.5, 0.6) is 0 Å². The maximum absolute atomic E-state index is 12.7. The van der Waals surface area contributed by atoms with Gasteiger partial charge in [-0.25, -0.2) is 4.57 Å². The van der Waals surface area contributed by atoms with E-state index in [-0.39, 0.29) is 19.4 Å². The zero-order chi connectivity index (χ0) is 44.8. The molecule has 0 aliphatic heterocycles. The Balaban J connectivity index is 4.27. The molecule has 0 aliphatic rings. The van der Waals surface area contributed by atoms with Crippen LogP contribution in [0, 0.1) is 0 Å². The van der Waals surface area contributed by atoms with E-state index in [1.165, 1.54) is 57.8 Å². The van der Waals surface area contributed by atoms with Crippen LogP contribution in [0.25, 0.3) is 0 Å². The van der Waals surface area contributed by atoms with Crippen LogP contribution in [0.2, 0.25) is 0 Å². The number of esters is 2. The number of hydrogen-bond acceptors (Lipinski definition) is 9. The normalized spacial score (nSPS) is 14.4. The molecular formula is C50H87O10P. The van der Waals surface area contributed by atoms with Crippen molar-refractivity contribution in [2.24, 2.45) is 0 Å². The van der Waals surface area contributed by atoms with Crippen LogP contribution in [0.15, 0.2) is 72.9 Å². The summed E-state index contributed by atoms with van der Waals surface area (Å²) in [6.07, 6.45) is 52.9. The summed E-state index contributed by atoms with van der Waals surface area (Å²) >= 11 is 0. The topological polar surface area (TPSA) is 149 Å². The van der Waals surface area contributed by atoms with Gasteiger partial charge in [0.25, 0.3) is 0 Å². The fraction of sp³-hybridized carbons (Fsp3) is 0.720. The SMILES string of the molecule is CC/C=C\C/C=C\C/C=C\C/C=C\CCCCCCCCC(=O)OC(COC(=O)CCCCCCCCCCC/C=C\C/C=C\CCCCC)COP(=O)(O)OCC(O)CO. The Morgan fingerprint density at radius 2 is 0.902 bits per heavy atom. The van der Waals surface area contributed by atoms with Gasteiger partial charge in [0.15, 0.2) is 6.10 Å². The third kappa shape index (κ3) is 45.3. The summed E-state index contributed by atoms with van der Waals surface area (Å²) in [7, 11) is -4.63. The van der Waals surface area contributed by atoms with E-state index in [9.17, 15) is 24.2 Å². The Labute approximate surface area is 371 Å². The van der Waals surface area contributed by atoms with Gasteiger partial charge in [-0.05, 0) is 83.5 Å². The molecule has 0 radical (unpaired) electrons. The second kappa shape index (κ2) is 45.4. The quantitative estimate of drug-likeness (QED) is 0.0234. The van der Waals surface area contributed by atoms with Gasteiger partial charge in [-0.1, -0.05) is 170 Å². The molecule has 3 unspecified atom stereocenters. The molecule has 10 nitrogen and oxygen atoms in total. The number of unbranched alkanes of at least 4 members (excludes halogenated alkanes) is 18. The molecule has 11 heteroatoms. The first-order chi connectivity index (χ1) is 29.7. The maximum atomic E-state index is 12.7. The van der Waals surface area contributed by atoms with Crippen molar-refractivity contribution >= 4 is 19.8 Å². The zero-order valence-electron chi connectivity index (χ0n) is 38.4. The molecule has 0 heterocycles. The predicted octanol–water partition coefficient (Wildman–Crippen LogP) is 13.2. The van der Waals surface area contributed by atoms with Crippen molar-refractivity contribution in [1.82, 2.24) is 0 Å². The molecule has 0 aromatic carbocycles. The molecule has 0 aromatic heterocycles. The lowest BCUT2D eigenvalue weighted by Crippen LogP contribution is -2.29. The molecule has 0 bridgehead atoms. The average Bonchev–Trinajstić information content (AvgIpc) is 3.25. The predicted molar refractivity (Wildman–Crippen MR) is 251 cm³/mol. The Kier molecular flexibility index (Phi) is 43.5. The highest BCUT2D eigenvalue weighted by atomic mass is 31.2. The zero-order valence-corrected chi connectivity index (χ0v) is 39.3. The maximum Gasteiger partial charge on any atom is 0.472 e. The molecular weight excluding hydrogens is 792 g/mol. The smallest absolute Gasteiger partial charge is 0.462 e. The van der Waals surface area contributed by atoms with Crippen LogP contribution in [0.4, 0.5) is 0 Å². The number of carbonyl (C=O) groups is 2. The lowest BCUT2D eigenvalue weighted by Gasteiger charge is -2.20. The van der Waals surface area contributed by atoms with E-state index < -0.39 is 51.8 Å². The van der Waals surface area contributed by atoms with E-state index in [1.807, 2.05) is 0 Å². The molecule has 0 saturated carbocycles. The van der Waals surface area contributed by atoms with Crippen LogP contribution in [0.3, 0.4) is 0 Å². The van der Waals surface area contributed by atoms with Crippen molar-refractivity contribution in [2.75, 3.05) is 26.4 Å². The summed E-state index contributed by atoms with van der Waals surface area (Å²) in [4.78, 5) is 35.1. The monoisotopic (exact) mass is 879 g/mol. The molecule has 0 aliphatic carbocycles. The van der Waals surface area contributed by atoms with Crippen molar-refractivity contribution in [3.05, 3.63) is 72.9 Å². The van der Waals surface area contributed by atoms with E-state index in [1.54, 1.807) is 0 Å². The fourth-order valence-corrected chi connectivity index (χ4v) is 6.98. The Morgan fingerprint density at radius 1 is 0.508 bits per heavy atom. The van der Waals surface area contributed by atoms with Crippen LogP contribution in [-0.2, 0) is 32.7 Å². The summed E-state index contributed by atoms with van der Waals surface area (Å²) in [6.45, 7) is 2.23. The van der Waals surface area contributed by atoms with E-state index in [4.69, 9.17) is 23.6 Å². The first-order valence-electron chi connectivity index (χ1n) is 23.9. The van der Waals surface area contributed by atoms with Crippen LogP contribution >= 0.6 is 7.82 Å². The van der Waals surface area contributed by atoms with Gasteiger partial charge >= 0.3 is 19.8 Å². The molecule has 0 fully saturated rings. The number of allylic oxidation sites excluding steroid dienone is 12. The number of rotatable bonds is 44. The van der Waals surface area contributed by atoms with Gasteiger partial charge in [0.1, 0.15) is 12.7 Å². The summed E-state index contributed by atoms with van der Waals surface area (Å²) in [5.74, 6) is -0.948. The van der Waals surface area contributed by atoms with Gasteiger partial charge in [-0.2, -0.15) is 0 Å². The number of hydrogen-bond donors (Lipinski definition) is 3. The van der Waals surface area contributed by atoms with Gasteiger partial charge in [-0.15, -0.1) is 0 Å². The summed E-state index contributed by atoms with van der Waals surface area (Å²) < 4.78 is 32.8. The Bertz CT molecular complexity index is 1240. The Morgan fingerprint density at radius 3 is 1.36 bits per heavy atom. The molecule has 0 amide bonds. The highest BCUT2D eigenvalue weighted by Crippen LogP contribution is 2.43. The van der Waals surface area contributed by atoms with Crippen LogP contribution in [0.1, 0.15) is 194 Å². The van der Waals surface area contributed by atoms with Gasteiger partial charge in [0, 0.05) is 12.8 Å². The summed E-state index contributed by atoms with van der Waals surface area (Å²) in [5, 5.41) is 18.4. The minimum Gasteiger partial charge on any atom is -0.462 e. The van der Waals surface area contributed by atoms with Crippen LogP contribution < -0.4 is 0 Å². The van der Waals surface area contributed by atoms with Gasteiger partial charge in [-0.3, -0.25) is 18.6 Å². The van der Waals surface area contributed by atoms with Crippen molar-refractivity contribution in [2.45, 2.75) is 206 Å². The van der Waals surface area contributed by atoms with E-state index >= 15 is 0 Å². The largest absolute Gasteiger partial charge is 0.472 e. The van der Waals surface area contributed by atoms with E-state index in [2.05, 4.69) is 86.8 Å². The highest BCUT2D eigenvalue weighted by Gasteiger charge is 2.27. The first-order valence-corrected chi connectivity index (χ1v) is 25.4. The molecule has 0 rings (SSSR count). The lowest BCUT2D eigenvalue weighted by atomic mass is 10.1.